The van der Waals surface area contributed by atoms with E-state index in [0.717, 1.165) is 5.56 Å². The minimum atomic E-state index is -4.73. The number of rotatable bonds is 6. The van der Waals surface area contributed by atoms with E-state index >= 15 is 0 Å². The van der Waals surface area contributed by atoms with E-state index in [2.05, 4.69) is 25.0 Å². The van der Waals surface area contributed by atoms with Gasteiger partial charge in [0, 0.05) is 11.4 Å². The highest BCUT2D eigenvalue weighted by Crippen LogP contribution is 2.26. The van der Waals surface area contributed by atoms with Crippen molar-refractivity contribution in [1.29, 1.82) is 0 Å². The smallest absolute Gasteiger partial charge is 0.406 e. The van der Waals surface area contributed by atoms with Crippen molar-refractivity contribution < 1.29 is 17.9 Å². The normalized spacial score (nSPS) is 11.3. The number of hydrogen-bond donors (Lipinski definition) is 1. The molecule has 0 spiro atoms. The number of anilines is 2. The summed E-state index contributed by atoms with van der Waals surface area (Å²) < 4.78 is 40.4. The Balaban J connectivity index is 1.67. The topological polar surface area (TPSA) is 59.9 Å². The third-order valence-corrected chi connectivity index (χ3v) is 4.23. The van der Waals surface area contributed by atoms with Gasteiger partial charge >= 0.3 is 6.36 Å². The molecule has 0 atom stereocenters. The van der Waals surface area contributed by atoms with Gasteiger partial charge in [-0.3, -0.25) is 0 Å². The van der Waals surface area contributed by atoms with E-state index < -0.39 is 6.36 Å². The molecule has 0 fully saturated rings. The highest BCUT2D eigenvalue weighted by molar-refractivity contribution is 7.98. The Hall–Kier alpha value is -2.52. The number of hydrogen-bond acceptors (Lipinski definition) is 6. The zero-order valence-corrected chi connectivity index (χ0v) is 15.1. The van der Waals surface area contributed by atoms with E-state index in [0.29, 0.717) is 16.6 Å². The quantitative estimate of drug-likeness (QED) is 0.542. The number of benzene rings is 2. The predicted octanol–water partition coefficient (Wildman–Crippen LogP) is 5.46. The lowest BCUT2D eigenvalue weighted by molar-refractivity contribution is -0.274. The van der Waals surface area contributed by atoms with E-state index in [4.69, 9.17) is 11.6 Å². The van der Waals surface area contributed by atoms with Gasteiger partial charge in [0.25, 0.3) is 0 Å². The molecule has 10 heteroatoms. The summed E-state index contributed by atoms with van der Waals surface area (Å²) >= 11 is 7.32. The van der Waals surface area contributed by atoms with Crippen molar-refractivity contribution in [3.05, 3.63) is 65.4 Å². The maximum atomic E-state index is 12.2. The molecule has 3 aromatic rings. The van der Waals surface area contributed by atoms with Gasteiger partial charge in [-0.15, -0.1) is 13.2 Å². The van der Waals surface area contributed by atoms with Crippen LogP contribution >= 0.6 is 23.4 Å². The van der Waals surface area contributed by atoms with Crippen LogP contribution in [-0.4, -0.2) is 21.3 Å². The van der Waals surface area contributed by atoms with E-state index in [1.807, 2.05) is 30.3 Å². The van der Waals surface area contributed by atoms with Crippen LogP contribution in [0.2, 0.25) is 5.28 Å². The third kappa shape index (κ3) is 6.30. The highest BCUT2D eigenvalue weighted by Gasteiger charge is 2.30. The molecule has 0 saturated heterocycles. The van der Waals surface area contributed by atoms with Crippen LogP contribution in [0.5, 0.6) is 5.75 Å². The third-order valence-electron chi connectivity index (χ3n) is 3.14. The zero-order chi connectivity index (χ0) is 19.3. The van der Waals surface area contributed by atoms with E-state index in [1.54, 1.807) is 0 Å². The Morgan fingerprint density at radius 3 is 2.33 bits per heavy atom. The first kappa shape index (κ1) is 19.2. The van der Waals surface area contributed by atoms with Crippen molar-refractivity contribution in [3.8, 4) is 5.75 Å². The van der Waals surface area contributed by atoms with Crippen LogP contribution in [0.1, 0.15) is 5.56 Å². The van der Waals surface area contributed by atoms with Crippen LogP contribution in [0.4, 0.5) is 24.8 Å². The SMILES string of the molecule is FC(F)(F)Oc1ccc(Nc2nc(Cl)nc(SCc3ccccc3)n2)cc1. The second-order valence-electron chi connectivity index (χ2n) is 5.18. The summed E-state index contributed by atoms with van der Waals surface area (Å²) in [6, 6.07) is 15.0. The molecule has 3 rings (SSSR count). The lowest BCUT2D eigenvalue weighted by Crippen LogP contribution is -2.17. The molecule has 1 aromatic heterocycles. The second-order valence-corrected chi connectivity index (χ2v) is 6.46. The van der Waals surface area contributed by atoms with Gasteiger partial charge in [-0.25, -0.2) is 0 Å². The lowest BCUT2D eigenvalue weighted by Gasteiger charge is -2.10. The van der Waals surface area contributed by atoms with Gasteiger partial charge in [0.05, 0.1) is 0 Å². The molecular formula is C17H12ClF3N4OS. The minimum absolute atomic E-state index is 0.0140. The Morgan fingerprint density at radius 2 is 1.67 bits per heavy atom. The van der Waals surface area contributed by atoms with Gasteiger partial charge in [-0.2, -0.15) is 15.0 Å². The van der Waals surface area contributed by atoms with Crippen molar-refractivity contribution in [1.82, 2.24) is 15.0 Å². The number of aromatic nitrogens is 3. The van der Waals surface area contributed by atoms with Crippen LogP contribution in [-0.2, 0) is 5.75 Å². The average Bonchev–Trinajstić information content (AvgIpc) is 2.61. The molecule has 0 aliphatic rings. The fourth-order valence-corrected chi connectivity index (χ4v) is 3.04. The Kier molecular flexibility index (Phi) is 6.02. The minimum Gasteiger partial charge on any atom is -0.406 e. The summed E-state index contributed by atoms with van der Waals surface area (Å²) in [6.07, 6.45) is -4.73. The molecular weight excluding hydrogens is 401 g/mol. The molecule has 1 heterocycles. The van der Waals surface area contributed by atoms with E-state index in [9.17, 15) is 13.2 Å². The predicted molar refractivity (Wildman–Crippen MR) is 97.2 cm³/mol. The summed E-state index contributed by atoms with van der Waals surface area (Å²) in [7, 11) is 0. The van der Waals surface area contributed by atoms with Crippen LogP contribution in [0.25, 0.3) is 0 Å². The number of nitrogens with one attached hydrogen (secondary N) is 1. The van der Waals surface area contributed by atoms with Gasteiger partial charge in [0.2, 0.25) is 11.2 Å². The summed E-state index contributed by atoms with van der Waals surface area (Å²) in [5.74, 6) is 0.528. The molecule has 1 N–H and O–H groups in total. The molecule has 0 radical (unpaired) electrons. The van der Waals surface area contributed by atoms with Crippen LogP contribution in [0.15, 0.2) is 59.8 Å². The van der Waals surface area contributed by atoms with Crippen molar-refractivity contribution in [2.75, 3.05) is 5.32 Å². The van der Waals surface area contributed by atoms with E-state index in [1.165, 1.54) is 36.0 Å². The lowest BCUT2D eigenvalue weighted by atomic mass is 10.2. The Morgan fingerprint density at radius 1 is 0.963 bits per heavy atom. The fraction of sp³-hybridized carbons (Fsp3) is 0.118. The first-order chi connectivity index (χ1) is 12.9. The fourth-order valence-electron chi connectivity index (χ4n) is 2.04. The number of nitrogens with zero attached hydrogens (tertiary/aromatic N) is 3. The molecule has 0 bridgehead atoms. The van der Waals surface area contributed by atoms with Crippen molar-refractivity contribution in [2.45, 2.75) is 17.3 Å². The summed E-state index contributed by atoms with van der Waals surface area (Å²) in [6.45, 7) is 0. The Bertz CT molecular complexity index is 895. The van der Waals surface area contributed by atoms with Gasteiger partial charge in [0.15, 0.2) is 5.16 Å². The number of alkyl halides is 3. The number of thioether (sulfide) groups is 1. The average molecular weight is 413 g/mol. The van der Waals surface area contributed by atoms with Crippen molar-refractivity contribution in [2.24, 2.45) is 0 Å². The summed E-state index contributed by atoms with van der Waals surface area (Å²) in [5, 5.41) is 3.32. The summed E-state index contributed by atoms with van der Waals surface area (Å²) in [5.41, 5.74) is 1.58. The molecule has 2 aromatic carbocycles. The molecule has 0 saturated carbocycles. The number of halogens is 4. The second kappa shape index (κ2) is 8.45. The molecule has 0 amide bonds. The van der Waals surface area contributed by atoms with Gasteiger partial charge in [0.1, 0.15) is 5.75 Å². The standard InChI is InChI=1S/C17H12ClF3N4OS/c18-14-23-15(22-12-6-8-13(9-7-12)26-17(19,20)21)25-16(24-14)27-10-11-4-2-1-3-5-11/h1-9H,10H2,(H,22,23,24,25). The highest BCUT2D eigenvalue weighted by atomic mass is 35.5. The maximum absolute atomic E-state index is 12.2. The van der Waals surface area contributed by atoms with Crippen LogP contribution < -0.4 is 10.1 Å². The van der Waals surface area contributed by atoms with Crippen molar-refractivity contribution >= 4 is 35.0 Å². The molecule has 0 aliphatic heterocycles. The molecule has 5 nitrogen and oxygen atoms in total. The summed E-state index contributed by atoms with van der Waals surface area (Å²) in [4.78, 5) is 12.3. The zero-order valence-electron chi connectivity index (χ0n) is 13.6. The van der Waals surface area contributed by atoms with Gasteiger partial charge in [-0.1, -0.05) is 42.1 Å². The first-order valence-corrected chi connectivity index (χ1v) is 8.95. The molecule has 27 heavy (non-hydrogen) atoms. The largest absolute Gasteiger partial charge is 0.573 e. The van der Waals surface area contributed by atoms with Crippen LogP contribution in [0, 0.1) is 0 Å². The molecule has 140 valence electrons. The van der Waals surface area contributed by atoms with Gasteiger partial charge < -0.3 is 10.1 Å². The van der Waals surface area contributed by atoms with Crippen LogP contribution in [0.3, 0.4) is 0 Å². The van der Waals surface area contributed by atoms with Gasteiger partial charge in [-0.05, 0) is 41.4 Å². The van der Waals surface area contributed by atoms with E-state index in [-0.39, 0.29) is 17.0 Å². The number of ether oxygens (including phenoxy) is 1. The first-order valence-electron chi connectivity index (χ1n) is 7.58. The molecule has 0 aliphatic carbocycles. The van der Waals surface area contributed by atoms with Crippen molar-refractivity contribution in [3.63, 3.8) is 0 Å². The maximum Gasteiger partial charge on any atom is 0.573 e. The molecule has 0 unspecified atom stereocenters. The Labute approximate surface area is 162 Å². The monoisotopic (exact) mass is 412 g/mol.